The molecule has 0 aromatic heterocycles. The Balaban J connectivity index is 3.27. The summed E-state index contributed by atoms with van der Waals surface area (Å²) in [5, 5.41) is 0. The number of methoxy groups -OCH3 is 2. The molecule has 0 aliphatic heterocycles. The number of ether oxygens (including phenoxy) is 2. The van der Waals surface area contributed by atoms with E-state index >= 15 is 0 Å². The molecule has 1 aromatic carbocycles. The third-order valence-corrected chi connectivity index (χ3v) is 2.25. The maximum Gasteiger partial charge on any atom is 0.267 e. The standard InChI is InChI=1S/C12H15F2NO2/c1-16-10-7-9(12(13)14)11(17-2)6-8(10)4-3-5-15/h3-4,6-7,12H,5,15H2,1-2H3/b4-3+. The summed E-state index contributed by atoms with van der Waals surface area (Å²) in [5.74, 6) is 0.503. The Morgan fingerprint density at radius 2 is 1.88 bits per heavy atom. The van der Waals surface area contributed by atoms with Crippen LogP contribution in [0.5, 0.6) is 11.5 Å². The molecule has 0 fully saturated rings. The average Bonchev–Trinajstić information content (AvgIpc) is 2.34. The molecular weight excluding hydrogens is 228 g/mol. The van der Waals surface area contributed by atoms with Crippen LogP contribution >= 0.6 is 0 Å². The number of rotatable bonds is 5. The minimum Gasteiger partial charge on any atom is -0.496 e. The zero-order valence-electron chi connectivity index (χ0n) is 9.74. The second-order valence-electron chi connectivity index (χ2n) is 3.27. The van der Waals surface area contributed by atoms with Crippen LogP contribution in [0.25, 0.3) is 6.08 Å². The molecule has 0 radical (unpaired) electrons. The highest BCUT2D eigenvalue weighted by atomic mass is 19.3. The Morgan fingerprint density at radius 3 is 2.35 bits per heavy atom. The van der Waals surface area contributed by atoms with Crippen LogP contribution in [0.4, 0.5) is 8.78 Å². The fraction of sp³-hybridized carbons (Fsp3) is 0.333. The maximum absolute atomic E-state index is 12.7. The molecule has 0 unspecified atom stereocenters. The number of halogens is 2. The van der Waals surface area contributed by atoms with Gasteiger partial charge in [-0.1, -0.05) is 12.2 Å². The van der Waals surface area contributed by atoms with Crippen molar-refractivity contribution in [3.05, 3.63) is 29.3 Å². The zero-order valence-corrected chi connectivity index (χ0v) is 9.74. The fourth-order valence-corrected chi connectivity index (χ4v) is 1.44. The quantitative estimate of drug-likeness (QED) is 0.864. The lowest BCUT2D eigenvalue weighted by Crippen LogP contribution is -1.97. The van der Waals surface area contributed by atoms with Crippen molar-refractivity contribution in [2.24, 2.45) is 5.73 Å². The monoisotopic (exact) mass is 243 g/mol. The van der Waals surface area contributed by atoms with Gasteiger partial charge in [-0.05, 0) is 12.1 Å². The third kappa shape index (κ3) is 3.17. The lowest BCUT2D eigenvalue weighted by molar-refractivity contribution is 0.146. The summed E-state index contributed by atoms with van der Waals surface area (Å²) in [5.41, 5.74) is 5.80. The molecule has 0 aliphatic carbocycles. The third-order valence-electron chi connectivity index (χ3n) is 2.25. The molecule has 0 heterocycles. The first-order chi connectivity index (χ1) is 8.13. The first kappa shape index (κ1) is 13.4. The van der Waals surface area contributed by atoms with Crippen molar-refractivity contribution in [2.75, 3.05) is 20.8 Å². The van der Waals surface area contributed by atoms with Crippen LogP contribution in [0.1, 0.15) is 17.6 Å². The van der Waals surface area contributed by atoms with Gasteiger partial charge in [0.2, 0.25) is 0 Å². The smallest absolute Gasteiger partial charge is 0.267 e. The van der Waals surface area contributed by atoms with Crippen LogP contribution in [-0.4, -0.2) is 20.8 Å². The van der Waals surface area contributed by atoms with Crippen LogP contribution in [0.2, 0.25) is 0 Å². The molecule has 1 aromatic rings. The summed E-state index contributed by atoms with van der Waals surface area (Å²) in [6.45, 7) is 0.363. The van der Waals surface area contributed by atoms with Gasteiger partial charge in [-0.2, -0.15) is 0 Å². The Labute approximate surface area is 98.8 Å². The molecule has 0 amide bonds. The second kappa shape index (κ2) is 6.20. The fourth-order valence-electron chi connectivity index (χ4n) is 1.44. The highest BCUT2D eigenvalue weighted by Crippen LogP contribution is 2.35. The Bertz CT molecular complexity index is 406. The van der Waals surface area contributed by atoms with Crippen LogP contribution in [0, 0.1) is 0 Å². The Kier molecular flexibility index (Phi) is 4.90. The molecule has 94 valence electrons. The molecular formula is C12H15F2NO2. The van der Waals surface area contributed by atoms with E-state index in [4.69, 9.17) is 15.2 Å². The normalized spacial score (nSPS) is 11.2. The largest absolute Gasteiger partial charge is 0.496 e. The predicted molar refractivity (Wildman–Crippen MR) is 62.6 cm³/mol. The molecule has 0 spiro atoms. The van der Waals surface area contributed by atoms with E-state index in [1.807, 2.05) is 0 Å². The van der Waals surface area contributed by atoms with E-state index in [1.165, 1.54) is 26.4 Å². The van der Waals surface area contributed by atoms with Gasteiger partial charge in [0, 0.05) is 12.1 Å². The molecule has 0 atom stereocenters. The van der Waals surface area contributed by atoms with Crippen LogP contribution in [0.15, 0.2) is 18.2 Å². The van der Waals surface area contributed by atoms with Crippen LogP contribution in [0.3, 0.4) is 0 Å². The number of alkyl halides is 2. The number of hydrogen-bond donors (Lipinski definition) is 1. The van der Waals surface area contributed by atoms with Gasteiger partial charge >= 0.3 is 0 Å². The van der Waals surface area contributed by atoms with Gasteiger partial charge in [0.15, 0.2) is 0 Å². The van der Waals surface area contributed by atoms with Gasteiger partial charge in [-0.15, -0.1) is 0 Å². The molecule has 5 heteroatoms. The van der Waals surface area contributed by atoms with Gasteiger partial charge in [-0.25, -0.2) is 8.78 Å². The molecule has 0 aliphatic rings. The molecule has 3 nitrogen and oxygen atoms in total. The summed E-state index contributed by atoms with van der Waals surface area (Å²) < 4.78 is 35.5. The number of nitrogens with two attached hydrogens (primary N) is 1. The summed E-state index contributed by atoms with van der Waals surface area (Å²) in [6, 6.07) is 2.78. The van der Waals surface area contributed by atoms with E-state index in [9.17, 15) is 8.78 Å². The highest BCUT2D eigenvalue weighted by Gasteiger charge is 2.17. The lowest BCUT2D eigenvalue weighted by atomic mass is 10.1. The molecule has 0 saturated carbocycles. The molecule has 17 heavy (non-hydrogen) atoms. The number of benzene rings is 1. The second-order valence-corrected chi connectivity index (χ2v) is 3.27. The Hall–Kier alpha value is -1.62. The summed E-state index contributed by atoms with van der Waals surface area (Å²) in [6.07, 6.45) is 0.807. The minimum atomic E-state index is -2.61. The van der Waals surface area contributed by atoms with Gasteiger partial charge in [0.1, 0.15) is 11.5 Å². The van der Waals surface area contributed by atoms with Gasteiger partial charge in [-0.3, -0.25) is 0 Å². The van der Waals surface area contributed by atoms with Crippen molar-refractivity contribution in [1.82, 2.24) is 0 Å². The van der Waals surface area contributed by atoms with Crippen LogP contribution < -0.4 is 15.2 Å². The van der Waals surface area contributed by atoms with Crippen molar-refractivity contribution < 1.29 is 18.3 Å². The summed E-state index contributed by atoms with van der Waals surface area (Å²) in [7, 11) is 2.78. The van der Waals surface area contributed by atoms with E-state index in [0.717, 1.165) is 0 Å². The summed E-state index contributed by atoms with van der Waals surface area (Å²) in [4.78, 5) is 0. The Morgan fingerprint density at radius 1 is 1.24 bits per heavy atom. The topological polar surface area (TPSA) is 44.5 Å². The summed E-state index contributed by atoms with van der Waals surface area (Å²) >= 11 is 0. The SMILES string of the molecule is COc1cc(C(F)F)c(OC)cc1/C=C/CN. The molecule has 1 rings (SSSR count). The average molecular weight is 243 g/mol. The van der Waals surface area contributed by atoms with Crippen molar-refractivity contribution in [3.8, 4) is 11.5 Å². The van der Waals surface area contributed by atoms with Gasteiger partial charge in [0.05, 0.1) is 19.8 Å². The molecule has 0 saturated heterocycles. The van der Waals surface area contributed by atoms with E-state index in [1.54, 1.807) is 12.2 Å². The maximum atomic E-state index is 12.7. The van der Waals surface area contributed by atoms with E-state index in [0.29, 0.717) is 17.9 Å². The highest BCUT2D eigenvalue weighted by molar-refractivity contribution is 5.62. The molecule has 2 N–H and O–H groups in total. The lowest BCUT2D eigenvalue weighted by Gasteiger charge is -2.12. The van der Waals surface area contributed by atoms with Gasteiger partial charge < -0.3 is 15.2 Å². The first-order valence-electron chi connectivity index (χ1n) is 5.04. The number of hydrogen-bond acceptors (Lipinski definition) is 3. The first-order valence-corrected chi connectivity index (χ1v) is 5.04. The van der Waals surface area contributed by atoms with Crippen LogP contribution in [-0.2, 0) is 0 Å². The van der Waals surface area contributed by atoms with Gasteiger partial charge in [0.25, 0.3) is 6.43 Å². The van der Waals surface area contributed by atoms with E-state index in [-0.39, 0.29) is 11.3 Å². The van der Waals surface area contributed by atoms with Crippen molar-refractivity contribution >= 4 is 6.08 Å². The van der Waals surface area contributed by atoms with Crippen molar-refractivity contribution in [2.45, 2.75) is 6.43 Å². The van der Waals surface area contributed by atoms with E-state index in [2.05, 4.69) is 0 Å². The predicted octanol–water partition coefficient (Wildman–Crippen LogP) is 2.61. The van der Waals surface area contributed by atoms with E-state index < -0.39 is 6.43 Å². The van der Waals surface area contributed by atoms with Crippen molar-refractivity contribution in [3.63, 3.8) is 0 Å². The van der Waals surface area contributed by atoms with Crippen molar-refractivity contribution in [1.29, 1.82) is 0 Å². The molecule has 0 bridgehead atoms. The zero-order chi connectivity index (χ0) is 12.8. The minimum absolute atomic E-state index is 0.137.